The molecule has 0 saturated heterocycles. The maximum Gasteiger partial charge on any atom is 0.297 e. The Morgan fingerprint density at radius 1 is 1.10 bits per heavy atom. The Bertz CT molecular complexity index is 695. The molecule has 0 aliphatic heterocycles. The number of hydrogen-bond acceptors (Lipinski definition) is 3. The average Bonchev–Trinajstić information content (AvgIpc) is 2.36. The largest absolute Gasteiger partial charge is 0.297 e. The highest BCUT2D eigenvalue weighted by molar-refractivity contribution is 14.1. The molecule has 0 aliphatic carbocycles. The van der Waals surface area contributed by atoms with Gasteiger partial charge in [-0.15, -0.1) is 0 Å². The van der Waals surface area contributed by atoms with Crippen molar-refractivity contribution in [3.8, 4) is 0 Å². The first-order chi connectivity index (χ1) is 9.38. The first-order valence-electron chi connectivity index (χ1n) is 6.44. The van der Waals surface area contributed by atoms with Crippen molar-refractivity contribution in [1.29, 1.82) is 0 Å². The van der Waals surface area contributed by atoms with Gasteiger partial charge in [0.25, 0.3) is 10.1 Å². The molecule has 2 atom stereocenters. The van der Waals surface area contributed by atoms with Crippen LogP contribution in [-0.4, -0.2) is 18.4 Å². The third kappa shape index (κ3) is 3.93. The number of halogens is 1. The standard InChI is InChI=1S/C15H17IO3S/c1-11(16)9-12(2)19-20(17,18)15-8-7-13-5-3-4-6-14(13)10-15/h3-8,10-12H,9H2,1-2H3. The van der Waals surface area contributed by atoms with E-state index >= 15 is 0 Å². The van der Waals surface area contributed by atoms with Crippen molar-refractivity contribution in [3.63, 3.8) is 0 Å². The van der Waals surface area contributed by atoms with Gasteiger partial charge in [-0.05, 0) is 36.2 Å². The Labute approximate surface area is 133 Å². The first kappa shape index (κ1) is 15.7. The van der Waals surface area contributed by atoms with Crippen molar-refractivity contribution in [1.82, 2.24) is 0 Å². The SMILES string of the molecule is CC(I)CC(C)OS(=O)(=O)c1ccc2ccccc2c1. The van der Waals surface area contributed by atoms with Crippen LogP contribution in [0, 0.1) is 0 Å². The summed E-state index contributed by atoms with van der Waals surface area (Å²) < 4.78 is 30.1. The highest BCUT2D eigenvalue weighted by Gasteiger charge is 2.20. The van der Waals surface area contributed by atoms with Gasteiger partial charge in [0.2, 0.25) is 0 Å². The predicted octanol–water partition coefficient (Wildman–Crippen LogP) is 4.15. The van der Waals surface area contributed by atoms with E-state index < -0.39 is 10.1 Å². The zero-order chi connectivity index (χ0) is 14.8. The molecule has 2 aromatic rings. The minimum atomic E-state index is -3.70. The lowest BCUT2D eigenvalue weighted by atomic mass is 10.1. The molecule has 0 heterocycles. The number of benzene rings is 2. The van der Waals surface area contributed by atoms with Gasteiger partial charge in [-0.2, -0.15) is 8.42 Å². The summed E-state index contributed by atoms with van der Waals surface area (Å²) in [7, 11) is -3.70. The summed E-state index contributed by atoms with van der Waals surface area (Å²) in [4.78, 5) is 0.212. The molecule has 5 heteroatoms. The molecule has 108 valence electrons. The van der Waals surface area contributed by atoms with Gasteiger partial charge in [-0.3, -0.25) is 4.18 Å². The molecule has 0 aliphatic rings. The second-order valence-corrected chi connectivity index (χ2v) is 8.58. The summed E-state index contributed by atoms with van der Waals surface area (Å²) in [6.45, 7) is 3.82. The van der Waals surface area contributed by atoms with E-state index in [0.717, 1.165) is 10.8 Å². The van der Waals surface area contributed by atoms with Crippen LogP contribution in [0.4, 0.5) is 0 Å². The molecular weight excluding hydrogens is 387 g/mol. The molecule has 3 nitrogen and oxygen atoms in total. The summed E-state index contributed by atoms with van der Waals surface area (Å²) in [6.07, 6.45) is 0.381. The Balaban J connectivity index is 2.27. The zero-order valence-corrected chi connectivity index (χ0v) is 14.4. The summed E-state index contributed by atoms with van der Waals surface area (Å²) in [5.74, 6) is 0. The normalized spacial score (nSPS) is 15.2. The highest BCUT2D eigenvalue weighted by Crippen LogP contribution is 2.22. The van der Waals surface area contributed by atoms with Gasteiger partial charge in [0.05, 0.1) is 11.0 Å². The molecule has 0 bridgehead atoms. The molecule has 0 fully saturated rings. The van der Waals surface area contributed by atoms with Gasteiger partial charge in [0.1, 0.15) is 0 Å². The van der Waals surface area contributed by atoms with E-state index in [1.54, 1.807) is 25.1 Å². The minimum Gasteiger partial charge on any atom is -0.263 e. The van der Waals surface area contributed by atoms with Gasteiger partial charge in [0.15, 0.2) is 0 Å². The molecule has 2 aromatic carbocycles. The summed E-state index contributed by atoms with van der Waals surface area (Å²) in [5.41, 5.74) is 0. The van der Waals surface area contributed by atoms with E-state index in [2.05, 4.69) is 22.6 Å². The second-order valence-electron chi connectivity index (χ2n) is 4.89. The van der Waals surface area contributed by atoms with Crippen LogP contribution in [0.15, 0.2) is 47.4 Å². The van der Waals surface area contributed by atoms with Crippen molar-refractivity contribution in [2.24, 2.45) is 0 Å². The predicted molar refractivity (Wildman–Crippen MR) is 89.8 cm³/mol. The van der Waals surface area contributed by atoms with Crippen LogP contribution >= 0.6 is 22.6 Å². The molecule has 0 spiro atoms. The molecule has 0 aromatic heterocycles. The first-order valence-corrected chi connectivity index (χ1v) is 9.10. The van der Waals surface area contributed by atoms with E-state index in [-0.39, 0.29) is 11.0 Å². The van der Waals surface area contributed by atoms with Gasteiger partial charge < -0.3 is 0 Å². The van der Waals surface area contributed by atoms with Crippen molar-refractivity contribution in [2.75, 3.05) is 0 Å². The van der Waals surface area contributed by atoms with Crippen LogP contribution in [0.1, 0.15) is 20.3 Å². The Morgan fingerprint density at radius 2 is 1.75 bits per heavy atom. The highest BCUT2D eigenvalue weighted by atomic mass is 127. The quantitative estimate of drug-likeness (QED) is 0.427. The Hall–Kier alpha value is -0.660. The van der Waals surface area contributed by atoms with E-state index in [0.29, 0.717) is 10.3 Å². The summed E-state index contributed by atoms with van der Waals surface area (Å²) >= 11 is 2.26. The number of fused-ring (bicyclic) bond motifs is 1. The molecule has 0 saturated carbocycles. The summed E-state index contributed by atoms with van der Waals surface area (Å²) in [5, 5.41) is 1.91. The van der Waals surface area contributed by atoms with Gasteiger partial charge in [-0.1, -0.05) is 59.8 Å². The van der Waals surface area contributed by atoms with E-state index in [4.69, 9.17) is 4.18 Å². The molecule has 0 radical (unpaired) electrons. The summed E-state index contributed by atoms with van der Waals surface area (Å²) in [6, 6.07) is 12.7. The van der Waals surface area contributed by atoms with Crippen molar-refractivity contribution in [2.45, 2.75) is 35.2 Å². The molecular formula is C15H17IO3S. The van der Waals surface area contributed by atoms with Crippen LogP contribution in [0.25, 0.3) is 10.8 Å². The van der Waals surface area contributed by atoms with Gasteiger partial charge in [-0.25, -0.2) is 0 Å². The number of alkyl halides is 1. The van der Waals surface area contributed by atoms with Gasteiger partial charge in [0, 0.05) is 3.92 Å². The van der Waals surface area contributed by atoms with Crippen LogP contribution in [0.5, 0.6) is 0 Å². The fourth-order valence-electron chi connectivity index (χ4n) is 2.09. The van der Waals surface area contributed by atoms with Crippen LogP contribution in [-0.2, 0) is 14.3 Å². The van der Waals surface area contributed by atoms with Crippen molar-refractivity contribution in [3.05, 3.63) is 42.5 Å². The van der Waals surface area contributed by atoms with E-state index in [1.165, 1.54) is 0 Å². The minimum absolute atomic E-state index is 0.212. The third-order valence-corrected chi connectivity index (χ3v) is 4.88. The van der Waals surface area contributed by atoms with Gasteiger partial charge >= 0.3 is 0 Å². The fourth-order valence-corrected chi connectivity index (χ4v) is 3.94. The monoisotopic (exact) mass is 404 g/mol. The topological polar surface area (TPSA) is 43.4 Å². The average molecular weight is 404 g/mol. The molecule has 0 amide bonds. The molecule has 2 rings (SSSR count). The number of hydrogen-bond donors (Lipinski definition) is 0. The lowest BCUT2D eigenvalue weighted by molar-refractivity contribution is 0.220. The maximum absolute atomic E-state index is 12.2. The lowest BCUT2D eigenvalue weighted by Crippen LogP contribution is -2.18. The van der Waals surface area contributed by atoms with Crippen LogP contribution < -0.4 is 0 Å². The number of rotatable bonds is 5. The zero-order valence-electron chi connectivity index (χ0n) is 11.4. The molecule has 0 N–H and O–H groups in total. The maximum atomic E-state index is 12.2. The molecule has 20 heavy (non-hydrogen) atoms. The van der Waals surface area contributed by atoms with E-state index in [9.17, 15) is 8.42 Å². The lowest BCUT2D eigenvalue weighted by Gasteiger charge is -2.14. The fraction of sp³-hybridized carbons (Fsp3) is 0.333. The third-order valence-electron chi connectivity index (χ3n) is 2.96. The van der Waals surface area contributed by atoms with Crippen LogP contribution in [0.2, 0.25) is 0 Å². The van der Waals surface area contributed by atoms with Crippen LogP contribution in [0.3, 0.4) is 0 Å². The Morgan fingerprint density at radius 3 is 2.40 bits per heavy atom. The van der Waals surface area contributed by atoms with E-state index in [1.807, 2.05) is 31.2 Å². The smallest absolute Gasteiger partial charge is 0.263 e. The van der Waals surface area contributed by atoms with Crippen molar-refractivity contribution < 1.29 is 12.6 Å². The molecule has 2 unspecified atom stereocenters. The second kappa shape index (κ2) is 6.41. The van der Waals surface area contributed by atoms with Crippen molar-refractivity contribution >= 4 is 43.5 Å². The Kier molecular flexibility index (Phi) is 5.04.